The maximum absolute atomic E-state index is 13.5. The maximum atomic E-state index is 13.5. The lowest BCUT2D eigenvalue weighted by Gasteiger charge is -2.35. The van der Waals surface area contributed by atoms with Crippen LogP contribution in [0, 0.1) is 19.7 Å². The van der Waals surface area contributed by atoms with Gasteiger partial charge in [0.1, 0.15) is 5.82 Å². The van der Waals surface area contributed by atoms with Crippen LogP contribution in [-0.4, -0.2) is 34.9 Å². The van der Waals surface area contributed by atoms with Crippen LogP contribution in [0.5, 0.6) is 0 Å². The van der Waals surface area contributed by atoms with Crippen LogP contribution in [0.3, 0.4) is 0 Å². The average molecular weight is 394 g/mol. The van der Waals surface area contributed by atoms with Crippen LogP contribution in [0.4, 0.5) is 10.1 Å². The van der Waals surface area contributed by atoms with E-state index in [1.807, 2.05) is 13.8 Å². The van der Waals surface area contributed by atoms with Gasteiger partial charge in [0.25, 0.3) is 0 Å². The number of rotatable bonds is 4. The van der Waals surface area contributed by atoms with E-state index in [9.17, 15) is 9.18 Å². The molecule has 3 aromatic rings. The van der Waals surface area contributed by atoms with Crippen LogP contribution in [0.15, 0.2) is 42.5 Å². The number of carbonyl (C=O) groups is 1. The first-order valence-corrected chi connectivity index (χ1v) is 10.3. The zero-order valence-corrected chi connectivity index (χ0v) is 17.3. The van der Waals surface area contributed by atoms with Crippen molar-refractivity contribution in [3.8, 4) is 0 Å². The molecule has 1 aliphatic heterocycles. The van der Waals surface area contributed by atoms with Gasteiger partial charge in [0.05, 0.1) is 6.04 Å². The summed E-state index contributed by atoms with van der Waals surface area (Å²) in [5.41, 5.74) is 5.28. The summed E-state index contributed by atoms with van der Waals surface area (Å²) in [6, 6.07) is 12.7. The Bertz CT molecular complexity index is 1030. The van der Waals surface area contributed by atoms with Gasteiger partial charge in [-0.15, -0.1) is 0 Å². The number of piperidine rings is 1. The summed E-state index contributed by atoms with van der Waals surface area (Å²) in [6.07, 6.45) is 2.05. The summed E-state index contributed by atoms with van der Waals surface area (Å²) in [4.78, 5) is 18.5. The monoisotopic (exact) mass is 393 g/mol. The minimum atomic E-state index is -0.339. The summed E-state index contributed by atoms with van der Waals surface area (Å²) < 4.78 is 13.5. The topological polar surface area (TPSA) is 48.1 Å². The van der Waals surface area contributed by atoms with Crippen molar-refractivity contribution in [2.45, 2.75) is 45.6 Å². The molecule has 152 valence electrons. The lowest BCUT2D eigenvalue weighted by atomic mass is 9.87. The van der Waals surface area contributed by atoms with Crippen molar-refractivity contribution in [1.29, 1.82) is 0 Å². The number of H-pyrrole nitrogens is 1. The van der Waals surface area contributed by atoms with Crippen LogP contribution in [0.1, 0.15) is 42.5 Å². The summed E-state index contributed by atoms with van der Waals surface area (Å²) in [6.45, 7) is 7.70. The highest BCUT2D eigenvalue weighted by Crippen LogP contribution is 2.36. The fourth-order valence-corrected chi connectivity index (χ4v) is 4.53. The number of nitrogens with one attached hydrogen (secondary N) is 2. The van der Waals surface area contributed by atoms with Gasteiger partial charge < -0.3 is 10.3 Å². The molecule has 2 N–H and O–H groups in total. The van der Waals surface area contributed by atoms with Gasteiger partial charge in [0.2, 0.25) is 5.91 Å². The van der Waals surface area contributed by atoms with E-state index in [-0.39, 0.29) is 17.8 Å². The molecule has 1 amide bonds. The van der Waals surface area contributed by atoms with Crippen molar-refractivity contribution >= 4 is 22.5 Å². The average Bonchev–Trinajstić information content (AvgIpc) is 3.06. The van der Waals surface area contributed by atoms with Crippen LogP contribution in [0.2, 0.25) is 0 Å². The molecule has 2 heterocycles. The summed E-state index contributed by atoms with van der Waals surface area (Å²) in [5, 5.41) is 4.21. The van der Waals surface area contributed by atoms with Crippen LogP contribution in [0.25, 0.3) is 10.9 Å². The molecule has 1 atom stereocenters. The molecule has 4 rings (SSSR count). The van der Waals surface area contributed by atoms with Gasteiger partial charge in [-0.2, -0.15) is 0 Å². The molecule has 0 aliphatic carbocycles. The second kappa shape index (κ2) is 7.99. The van der Waals surface area contributed by atoms with Gasteiger partial charge in [0.15, 0.2) is 0 Å². The van der Waals surface area contributed by atoms with Crippen molar-refractivity contribution in [3.63, 3.8) is 0 Å². The fourth-order valence-electron chi connectivity index (χ4n) is 4.53. The molecule has 4 nitrogen and oxygen atoms in total. The highest BCUT2D eigenvalue weighted by Gasteiger charge is 2.29. The van der Waals surface area contributed by atoms with E-state index in [1.54, 1.807) is 6.07 Å². The number of aromatic nitrogens is 1. The van der Waals surface area contributed by atoms with E-state index < -0.39 is 0 Å². The van der Waals surface area contributed by atoms with Gasteiger partial charge in [-0.05, 0) is 81.9 Å². The number of aryl methyl sites for hydroxylation is 2. The fraction of sp³-hybridized carbons (Fsp3) is 0.375. The van der Waals surface area contributed by atoms with Gasteiger partial charge in [-0.25, -0.2) is 4.39 Å². The van der Waals surface area contributed by atoms with Crippen LogP contribution in [-0.2, 0) is 4.79 Å². The number of nitrogens with zero attached hydrogens (tertiary/aromatic N) is 1. The molecule has 0 saturated carbocycles. The third-order valence-electron chi connectivity index (χ3n) is 6.27. The lowest BCUT2D eigenvalue weighted by molar-refractivity contribution is -0.121. The molecule has 2 aromatic carbocycles. The number of hydrogen-bond donors (Lipinski definition) is 2. The molecular formula is C24H28FN3O. The number of likely N-dealkylation sites (tertiary alicyclic amines) is 1. The normalized spacial score (nSPS) is 16.8. The number of benzene rings is 2. The lowest BCUT2D eigenvalue weighted by Crippen LogP contribution is -2.45. The van der Waals surface area contributed by atoms with Crippen molar-refractivity contribution in [2.75, 3.05) is 18.4 Å². The van der Waals surface area contributed by atoms with Crippen molar-refractivity contribution in [2.24, 2.45) is 0 Å². The molecule has 29 heavy (non-hydrogen) atoms. The van der Waals surface area contributed by atoms with Crippen LogP contribution < -0.4 is 5.32 Å². The molecule has 0 spiro atoms. The second-order valence-electron chi connectivity index (χ2n) is 8.14. The van der Waals surface area contributed by atoms with Gasteiger partial charge in [-0.1, -0.05) is 24.3 Å². The number of para-hydroxylation sites is 1. The molecule has 0 radical (unpaired) electrons. The van der Waals surface area contributed by atoms with Gasteiger partial charge >= 0.3 is 0 Å². The Balaban J connectivity index is 1.41. The molecule has 0 bridgehead atoms. The van der Waals surface area contributed by atoms with Crippen LogP contribution >= 0.6 is 0 Å². The highest BCUT2D eigenvalue weighted by molar-refractivity contribution is 5.95. The van der Waals surface area contributed by atoms with Crippen molar-refractivity contribution in [1.82, 2.24) is 9.88 Å². The number of aromatic amines is 1. The number of amides is 1. The van der Waals surface area contributed by atoms with Crippen molar-refractivity contribution in [3.05, 3.63) is 65.1 Å². The summed E-state index contributed by atoms with van der Waals surface area (Å²) >= 11 is 0. The molecule has 1 unspecified atom stereocenters. The first-order valence-electron chi connectivity index (χ1n) is 10.3. The standard InChI is InChI=1S/C24H28FN3O/c1-15-8-9-19(25)14-22(15)27-24(29)17(3)28-12-10-18(11-13-28)23-16(2)26-21-7-5-4-6-20(21)23/h4-9,14,17-18,26H,10-13H2,1-3H3,(H,27,29). The quantitative estimate of drug-likeness (QED) is 0.645. The van der Waals surface area contributed by atoms with E-state index >= 15 is 0 Å². The Hall–Kier alpha value is -2.66. The Morgan fingerprint density at radius 3 is 2.66 bits per heavy atom. The molecule has 1 aromatic heterocycles. The predicted octanol–water partition coefficient (Wildman–Crippen LogP) is 5.13. The SMILES string of the molecule is Cc1ccc(F)cc1NC(=O)C(C)N1CCC(c2c(C)[nH]c3ccccc23)CC1. The first kappa shape index (κ1) is 19.6. The van der Waals surface area contributed by atoms with E-state index in [0.717, 1.165) is 31.5 Å². The zero-order chi connectivity index (χ0) is 20.5. The third kappa shape index (κ3) is 3.92. The smallest absolute Gasteiger partial charge is 0.241 e. The number of halogens is 1. The van der Waals surface area contributed by atoms with Crippen molar-refractivity contribution < 1.29 is 9.18 Å². The zero-order valence-electron chi connectivity index (χ0n) is 17.3. The first-order chi connectivity index (χ1) is 13.9. The molecule has 5 heteroatoms. The largest absolute Gasteiger partial charge is 0.358 e. The van der Waals surface area contributed by atoms with E-state index in [1.165, 1.54) is 34.3 Å². The highest BCUT2D eigenvalue weighted by atomic mass is 19.1. The van der Waals surface area contributed by atoms with E-state index in [0.29, 0.717) is 11.6 Å². The molecule has 1 aliphatic rings. The Labute approximate surface area is 171 Å². The minimum Gasteiger partial charge on any atom is -0.358 e. The van der Waals surface area contributed by atoms with E-state index in [2.05, 4.69) is 46.4 Å². The van der Waals surface area contributed by atoms with Gasteiger partial charge in [0, 0.05) is 22.3 Å². The summed E-state index contributed by atoms with van der Waals surface area (Å²) in [5.74, 6) is 0.0806. The molecular weight excluding hydrogens is 365 g/mol. The number of carbonyl (C=O) groups excluding carboxylic acids is 1. The third-order valence-corrected chi connectivity index (χ3v) is 6.27. The maximum Gasteiger partial charge on any atom is 0.241 e. The second-order valence-corrected chi connectivity index (χ2v) is 8.14. The summed E-state index contributed by atoms with van der Waals surface area (Å²) in [7, 11) is 0. The number of fused-ring (bicyclic) bond motifs is 1. The molecule has 1 fully saturated rings. The van der Waals surface area contributed by atoms with E-state index in [4.69, 9.17) is 0 Å². The number of hydrogen-bond acceptors (Lipinski definition) is 2. The Morgan fingerprint density at radius 1 is 1.17 bits per heavy atom. The Morgan fingerprint density at radius 2 is 1.90 bits per heavy atom. The minimum absolute atomic E-state index is 0.0829. The Kier molecular flexibility index (Phi) is 5.41. The predicted molar refractivity (Wildman–Crippen MR) is 116 cm³/mol. The van der Waals surface area contributed by atoms with Gasteiger partial charge in [-0.3, -0.25) is 9.69 Å². The molecule has 1 saturated heterocycles. The number of anilines is 1.